The lowest BCUT2D eigenvalue weighted by atomic mass is 10.0. The molecule has 2 saturated heterocycles. The zero-order chi connectivity index (χ0) is 54.4. The Bertz CT molecular complexity index is 2170. The maximum atomic E-state index is 13.2. The Morgan fingerprint density at radius 1 is 0.526 bits per heavy atom. The van der Waals surface area contributed by atoms with Crippen LogP contribution < -0.4 is 26.2 Å². The average molecular weight is 1080 g/mol. The van der Waals surface area contributed by atoms with E-state index in [0.717, 1.165) is 60.3 Å². The molecule has 2 aromatic carbocycles. The SMILES string of the molecule is C.CCCCOCCOCCOCCOCCNC.CNCCOCCOCCOCCOCCN(C)c1ccc2c(c1)C(=O)N(C1CCC(=O)NC1=O)C2=O.O=C1CCC(N2C(=O)c3ccc(F)cc3C2=O)C(=O)N1. The van der Waals surface area contributed by atoms with Crippen LogP contribution in [-0.2, 0) is 57.1 Å². The summed E-state index contributed by atoms with van der Waals surface area (Å²) in [4.78, 5) is 100. The fourth-order valence-electron chi connectivity index (χ4n) is 7.59. The van der Waals surface area contributed by atoms with E-state index in [1.54, 1.807) is 18.2 Å². The summed E-state index contributed by atoms with van der Waals surface area (Å²) in [5.41, 5.74) is 1.27. The lowest BCUT2D eigenvalue weighted by Gasteiger charge is -2.27. The summed E-state index contributed by atoms with van der Waals surface area (Å²) >= 11 is 0. The monoisotopic (exact) mass is 1080 g/mol. The second-order valence-corrected chi connectivity index (χ2v) is 17.2. The Labute approximate surface area is 444 Å². The van der Waals surface area contributed by atoms with E-state index in [0.29, 0.717) is 99.0 Å². The number of benzene rings is 2. The molecule has 6 rings (SSSR count). The molecule has 2 atom stereocenters. The van der Waals surface area contributed by atoms with Gasteiger partial charge in [-0.25, -0.2) is 4.39 Å². The van der Waals surface area contributed by atoms with Gasteiger partial charge in [-0.3, -0.25) is 58.8 Å². The number of ether oxygens (including phenoxy) is 8. The topological polar surface area (TPSA) is 268 Å². The highest BCUT2D eigenvalue weighted by Crippen LogP contribution is 2.31. The highest BCUT2D eigenvalue weighted by atomic mass is 19.1. The normalized spacial score (nSPS) is 16.9. The predicted octanol–water partition coefficient (Wildman–Crippen LogP) is 1.75. The van der Waals surface area contributed by atoms with Crippen molar-refractivity contribution in [2.45, 2.75) is 65.0 Å². The van der Waals surface area contributed by atoms with Crippen LogP contribution >= 0.6 is 0 Å². The molecule has 0 aromatic heterocycles. The molecule has 2 fully saturated rings. The zero-order valence-corrected chi connectivity index (χ0v) is 43.5. The number of piperidine rings is 2. The Morgan fingerprint density at radius 3 is 1.30 bits per heavy atom. The number of anilines is 1. The van der Waals surface area contributed by atoms with Gasteiger partial charge in [0.05, 0.1) is 121 Å². The number of imide groups is 4. The smallest absolute Gasteiger partial charge is 0.262 e. The average Bonchev–Trinajstić information content (AvgIpc) is 3.79. The van der Waals surface area contributed by atoms with Gasteiger partial charge in [-0.15, -0.1) is 0 Å². The van der Waals surface area contributed by atoms with Crippen molar-refractivity contribution < 1.29 is 80.6 Å². The molecule has 24 heteroatoms. The van der Waals surface area contributed by atoms with Crippen LogP contribution in [0.4, 0.5) is 10.1 Å². The van der Waals surface area contributed by atoms with Crippen LogP contribution in [0.25, 0.3) is 0 Å². The Hall–Kier alpha value is -5.67. The van der Waals surface area contributed by atoms with Crippen molar-refractivity contribution in [3.05, 3.63) is 64.5 Å². The minimum Gasteiger partial charge on any atom is -0.379 e. The van der Waals surface area contributed by atoms with Crippen LogP contribution in [0.15, 0.2) is 36.4 Å². The van der Waals surface area contributed by atoms with E-state index in [2.05, 4.69) is 28.2 Å². The number of nitrogens with zero attached hydrogens (tertiary/aromatic N) is 3. The van der Waals surface area contributed by atoms with E-state index >= 15 is 0 Å². The number of unbranched alkanes of at least 4 members (excludes halogenated alkanes) is 1. The molecule has 0 aliphatic carbocycles. The molecule has 0 spiro atoms. The Kier molecular flexibility index (Phi) is 30.9. The van der Waals surface area contributed by atoms with Gasteiger partial charge in [0, 0.05) is 51.8 Å². The first-order valence-corrected chi connectivity index (χ1v) is 25.3. The maximum absolute atomic E-state index is 13.2. The fourth-order valence-corrected chi connectivity index (χ4v) is 7.59. The van der Waals surface area contributed by atoms with Gasteiger partial charge in [-0.05, 0) is 69.8 Å². The second-order valence-electron chi connectivity index (χ2n) is 17.2. The molecule has 2 aromatic rings. The third-order valence-corrected chi connectivity index (χ3v) is 11.7. The first kappa shape index (κ1) is 64.6. The fraction of sp³-hybridized carbons (Fsp3) is 0.615. The van der Waals surface area contributed by atoms with Gasteiger partial charge in [-0.1, -0.05) is 20.8 Å². The third-order valence-electron chi connectivity index (χ3n) is 11.7. The number of carbonyl (C=O) groups excluding carboxylic acids is 8. The van der Waals surface area contributed by atoms with Crippen molar-refractivity contribution in [3.8, 4) is 0 Å². The first-order chi connectivity index (χ1) is 36.3. The molecule has 0 bridgehead atoms. The summed E-state index contributed by atoms with van der Waals surface area (Å²) in [6, 6.07) is 6.27. The number of nitrogens with one attached hydrogen (secondary N) is 4. The van der Waals surface area contributed by atoms with Crippen molar-refractivity contribution in [3.63, 3.8) is 0 Å². The van der Waals surface area contributed by atoms with Gasteiger partial charge in [0.2, 0.25) is 23.6 Å². The molecular weight excluding hydrogens is 998 g/mol. The lowest BCUT2D eigenvalue weighted by Crippen LogP contribution is -2.54. The van der Waals surface area contributed by atoms with Gasteiger partial charge in [0.25, 0.3) is 23.6 Å². The van der Waals surface area contributed by atoms with E-state index in [1.165, 1.54) is 12.5 Å². The quantitative estimate of drug-likeness (QED) is 0.0586. The van der Waals surface area contributed by atoms with E-state index in [-0.39, 0.29) is 55.4 Å². The number of hydrogen-bond acceptors (Lipinski definition) is 19. The number of likely N-dealkylation sites (N-methyl/N-ethyl adjacent to an activating group) is 3. The summed E-state index contributed by atoms with van der Waals surface area (Å²) in [6.45, 7) is 13.9. The number of hydrogen-bond donors (Lipinski definition) is 4. The number of fused-ring (bicyclic) bond motifs is 2. The lowest BCUT2D eigenvalue weighted by molar-refractivity contribution is -0.137. The van der Waals surface area contributed by atoms with Gasteiger partial charge >= 0.3 is 0 Å². The number of halogens is 1. The standard InChI is InChI=1S/C25H36N4O8.C13H9FN2O4.C13H29NO4.CH4/c1-26-7-9-34-11-13-36-15-16-37-14-12-35-10-8-28(2)18-3-4-19-20(17-18)25(33)29(24(19)32)21-5-6-22(30)27-23(21)31;14-6-1-2-7-8(5-6)13(20)16(12(7)19)9-3-4-10(17)15-11(9)18;1-3-4-6-15-8-10-17-12-13-18-11-9-16-7-5-14-2;/h3-4,17,21,26H,5-16H2,1-2H3,(H,27,30,31);1-2,5,9H,3-4H2,(H,15,17,18);14H,3-13H2,1-2H3;1H4. The van der Waals surface area contributed by atoms with Gasteiger partial charge in [0.15, 0.2) is 0 Å². The molecule has 0 saturated carbocycles. The largest absolute Gasteiger partial charge is 0.379 e. The summed E-state index contributed by atoms with van der Waals surface area (Å²) in [6.07, 6.45) is 2.64. The number of rotatable bonds is 33. The van der Waals surface area contributed by atoms with Gasteiger partial charge in [0.1, 0.15) is 17.9 Å². The molecule has 2 unspecified atom stereocenters. The van der Waals surface area contributed by atoms with Crippen LogP contribution in [0.3, 0.4) is 0 Å². The highest BCUT2D eigenvalue weighted by molar-refractivity contribution is 6.24. The zero-order valence-electron chi connectivity index (χ0n) is 43.5. The Balaban J connectivity index is 0.000000329. The van der Waals surface area contributed by atoms with E-state index < -0.39 is 65.2 Å². The van der Waals surface area contributed by atoms with Crippen molar-refractivity contribution in [1.29, 1.82) is 0 Å². The molecule has 4 aliphatic heterocycles. The van der Waals surface area contributed by atoms with Crippen LogP contribution in [0.1, 0.15) is 94.3 Å². The number of amides is 8. The Morgan fingerprint density at radius 2 is 0.895 bits per heavy atom. The molecule has 0 radical (unpaired) electrons. The molecule has 8 amide bonds. The van der Waals surface area contributed by atoms with Gasteiger partial charge in [-0.2, -0.15) is 0 Å². The summed E-state index contributed by atoms with van der Waals surface area (Å²) in [5, 5.41) is 10.3. The van der Waals surface area contributed by atoms with Crippen LogP contribution in [0.2, 0.25) is 0 Å². The minimum atomic E-state index is -1.02. The minimum absolute atomic E-state index is 0. The van der Waals surface area contributed by atoms with Crippen LogP contribution in [-0.4, -0.2) is 216 Å². The highest BCUT2D eigenvalue weighted by Gasteiger charge is 2.46. The molecule has 23 nitrogen and oxygen atoms in total. The molecular formula is C52H78FN7O16. The number of carbonyl (C=O) groups is 8. The van der Waals surface area contributed by atoms with Crippen molar-refractivity contribution >= 4 is 52.9 Å². The van der Waals surface area contributed by atoms with E-state index in [9.17, 15) is 42.7 Å². The first-order valence-electron chi connectivity index (χ1n) is 25.3. The maximum Gasteiger partial charge on any atom is 0.262 e. The van der Waals surface area contributed by atoms with E-state index in [4.69, 9.17) is 37.9 Å². The third kappa shape index (κ3) is 21.0. The summed E-state index contributed by atoms with van der Waals surface area (Å²) < 4.78 is 56.4. The molecule has 424 valence electrons. The van der Waals surface area contributed by atoms with Crippen molar-refractivity contribution in [2.75, 3.05) is 151 Å². The molecule has 76 heavy (non-hydrogen) atoms. The van der Waals surface area contributed by atoms with Crippen molar-refractivity contribution in [1.82, 2.24) is 31.1 Å². The molecule has 4 N–H and O–H groups in total. The van der Waals surface area contributed by atoms with E-state index in [1.807, 2.05) is 26.0 Å². The molecule has 4 heterocycles. The molecule has 4 aliphatic rings. The predicted molar refractivity (Wildman–Crippen MR) is 275 cm³/mol. The summed E-state index contributed by atoms with van der Waals surface area (Å²) in [5.74, 6) is -5.17. The van der Waals surface area contributed by atoms with Gasteiger partial charge < -0.3 is 53.4 Å². The van der Waals surface area contributed by atoms with Crippen LogP contribution in [0.5, 0.6) is 0 Å². The van der Waals surface area contributed by atoms with Crippen molar-refractivity contribution in [2.24, 2.45) is 0 Å². The van der Waals surface area contributed by atoms with Crippen LogP contribution in [0, 0.1) is 5.82 Å². The summed E-state index contributed by atoms with van der Waals surface area (Å²) in [7, 11) is 5.64. The second kappa shape index (κ2) is 36.4.